The van der Waals surface area contributed by atoms with Crippen molar-refractivity contribution >= 4 is 11.3 Å². The molecule has 0 radical (unpaired) electrons. The van der Waals surface area contributed by atoms with E-state index in [1.807, 2.05) is 6.92 Å². The summed E-state index contributed by atoms with van der Waals surface area (Å²) in [4.78, 5) is 2.55. The Morgan fingerprint density at radius 2 is 2.13 bits per heavy atom. The van der Waals surface area contributed by atoms with Gasteiger partial charge in [-0.15, -0.1) is 11.3 Å². The number of rotatable bonds is 6. The lowest BCUT2D eigenvalue weighted by molar-refractivity contribution is 0.0382. The molecule has 15 heavy (non-hydrogen) atoms. The van der Waals surface area contributed by atoms with E-state index in [9.17, 15) is 0 Å². The fraction of sp³-hybridized carbons (Fsp3) is 0.667. The van der Waals surface area contributed by atoms with Crippen LogP contribution in [-0.4, -0.2) is 12.7 Å². The normalized spacial score (nSPS) is 15.2. The highest BCUT2D eigenvalue weighted by molar-refractivity contribution is 7.12. The van der Waals surface area contributed by atoms with Gasteiger partial charge in [0.15, 0.2) is 0 Å². The van der Waals surface area contributed by atoms with Gasteiger partial charge in [-0.25, -0.2) is 0 Å². The number of nitrogens with two attached hydrogens (primary N) is 1. The van der Waals surface area contributed by atoms with Crippen LogP contribution in [0, 0.1) is 6.92 Å². The number of thiophene rings is 1. The van der Waals surface area contributed by atoms with Crippen LogP contribution in [0.1, 0.15) is 42.5 Å². The summed E-state index contributed by atoms with van der Waals surface area (Å²) >= 11 is 1.77. The molecule has 0 aliphatic heterocycles. The minimum Gasteiger partial charge on any atom is -0.377 e. The molecule has 1 heterocycles. The van der Waals surface area contributed by atoms with Crippen molar-refractivity contribution in [3.8, 4) is 0 Å². The van der Waals surface area contributed by atoms with Crippen molar-refractivity contribution in [2.24, 2.45) is 5.73 Å². The zero-order chi connectivity index (χ0) is 11.3. The van der Waals surface area contributed by atoms with E-state index < -0.39 is 0 Å². The summed E-state index contributed by atoms with van der Waals surface area (Å²) in [5, 5.41) is 0. The molecule has 2 unspecified atom stereocenters. The Labute approximate surface area is 96.4 Å². The minimum atomic E-state index is 0.0311. The highest BCUT2D eigenvalue weighted by Crippen LogP contribution is 2.26. The average Bonchev–Trinajstić information content (AvgIpc) is 2.63. The maximum absolute atomic E-state index is 6.21. The zero-order valence-corrected chi connectivity index (χ0v) is 10.6. The molecule has 2 N–H and O–H groups in total. The van der Waals surface area contributed by atoms with Crippen LogP contribution in [0.2, 0.25) is 0 Å². The quantitative estimate of drug-likeness (QED) is 0.809. The second-order valence-corrected chi connectivity index (χ2v) is 5.08. The molecule has 1 aromatic rings. The Kier molecular flexibility index (Phi) is 5.29. The van der Waals surface area contributed by atoms with E-state index in [2.05, 4.69) is 26.0 Å². The van der Waals surface area contributed by atoms with E-state index in [-0.39, 0.29) is 12.1 Å². The van der Waals surface area contributed by atoms with Gasteiger partial charge in [-0.1, -0.05) is 13.3 Å². The summed E-state index contributed by atoms with van der Waals surface area (Å²) in [6.07, 6.45) is 2.31. The average molecular weight is 227 g/mol. The number of aryl methyl sites for hydroxylation is 1. The topological polar surface area (TPSA) is 35.2 Å². The summed E-state index contributed by atoms with van der Waals surface area (Å²) in [6.45, 7) is 7.03. The van der Waals surface area contributed by atoms with Crippen molar-refractivity contribution in [3.63, 3.8) is 0 Å². The summed E-state index contributed by atoms with van der Waals surface area (Å²) < 4.78 is 5.69. The van der Waals surface area contributed by atoms with Crippen LogP contribution in [0.3, 0.4) is 0 Å². The van der Waals surface area contributed by atoms with E-state index in [0.717, 1.165) is 19.4 Å². The number of ether oxygens (including phenoxy) is 1. The Balaban J connectivity index is 2.66. The predicted octanol–water partition coefficient (Wildman–Crippen LogP) is 3.26. The first-order valence-electron chi connectivity index (χ1n) is 5.62. The molecule has 86 valence electrons. The van der Waals surface area contributed by atoms with Crippen molar-refractivity contribution in [2.75, 3.05) is 6.61 Å². The van der Waals surface area contributed by atoms with Crippen LogP contribution in [0.4, 0.5) is 0 Å². The zero-order valence-electron chi connectivity index (χ0n) is 9.82. The van der Waals surface area contributed by atoms with Gasteiger partial charge in [-0.05, 0) is 32.4 Å². The van der Waals surface area contributed by atoms with Gasteiger partial charge in [0.25, 0.3) is 0 Å². The summed E-state index contributed by atoms with van der Waals surface area (Å²) in [5.74, 6) is 0. The molecular formula is C12H21NOS. The van der Waals surface area contributed by atoms with E-state index in [4.69, 9.17) is 10.5 Å². The van der Waals surface area contributed by atoms with Crippen LogP contribution in [0.25, 0.3) is 0 Å². The second-order valence-electron chi connectivity index (χ2n) is 3.76. The summed E-state index contributed by atoms with van der Waals surface area (Å²) in [6, 6.07) is 4.27. The Hall–Kier alpha value is -0.380. The van der Waals surface area contributed by atoms with E-state index >= 15 is 0 Å². The predicted molar refractivity (Wildman–Crippen MR) is 66.3 cm³/mol. The second kappa shape index (κ2) is 6.26. The Bertz CT molecular complexity index is 279. The highest BCUT2D eigenvalue weighted by atomic mass is 32.1. The fourth-order valence-corrected chi connectivity index (χ4v) is 2.61. The molecule has 2 nitrogen and oxygen atoms in total. The van der Waals surface area contributed by atoms with Crippen LogP contribution in [-0.2, 0) is 4.74 Å². The van der Waals surface area contributed by atoms with Crippen molar-refractivity contribution in [2.45, 2.75) is 45.8 Å². The van der Waals surface area contributed by atoms with Gasteiger partial charge in [0, 0.05) is 16.4 Å². The van der Waals surface area contributed by atoms with Crippen molar-refractivity contribution in [3.05, 3.63) is 21.9 Å². The number of hydrogen-bond acceptors (Lipinski definition) is 3. The molecule has 1 rings (SSSR count). The van der Waals surface area contributed by atoms with Gasteiger partial charge >= 0.3 is 0 Å². The molecule has 1 aromatic heterocycles. The summed E-state index contributed by atoms with van der Waals surface area (Å²) in [5.41, 5.74) is 6.21. The SMILES string of the molecule is CCCC(OCC)C(N)c1ccc(C)s1. The first-order valence-corrected chi connectivity index (χ1v) is 6.44. The lowest BCUT2D eigenvalue weighted by Gasteiger charge is -2.22. The largest absolute Gasteiger partial charge is 0.377 e. The molecule has 0 bridgehead atoms. The molecule has 0 aromatic carbocycles. The molecule has 0 saturated heterocycles. The van der Waals surface area contributed by atoms with E-state index in [0.29, 0.717) is 0 Å². The molecular weight excluding hydrogens is 206 g/mol. The fourth-order valence-electron chi connectivity index (χ4n) is 1.68. The number of hydrogen-bond donors (Lipinski definition) is 1. The molecule has 2 atom stereocenters. The Morgan fingerprint density at radius 1 is 1.40 bits per heavy atom. The van der Waals surface area contributed by atoms with Gasteiger partial charge in [0.1, 0.15) is 0 Å². The Morgan fingerprint density at radius 3 is 2.60 bits per heavy atom. The van der Waals surface area contributed by atoms with Gasteiger partial charge in [0.05, 0.1) is 12.1 Å². The van der Waals surface area contributed by atoms with Gasteiger partial charge in [-0.2, -0.15) is 0 Å². The monoisotopic (exact) mass is 227 g/mol. The van der Waals surface area contributed by atoms with Crippen molar-refractivity contribution in [1.29, 1.82) is 0 Å². The highest BCUT2D eigenvalue weighted by Gasteiger charge is 2.20. The third kappa shape index (κ3) is 3.59. The standard InChI is InChI=1S/C12H21NOS/c1-4-6-10(14-5-2)12(13)11-8-7-9(3)15-11/h7-8,10,12H,4-6,13H2,1-3H3. The van der Waals surface area contributed by atoms with Crippen LogP contribution >= 0.6 is 11.3 Å². The maximum atomic E-state index is 6.21. The first-order chi connectivity index (χ1) is 7.19. The first kappa shape index (κ1) is 12.7. The van der Waals surface area contributed by atoms with Crippen molar-refractivity contribution in [1.82, 2.24) is 0 Å². The lowest BCUT2D eigenvalue weighted by atomic mass is 10.1. The third-order valence-electron chi connectivity index (χ3n) is 2.44. The molecule has 0 fully saturated rings. The molecule has 0 aliphatic rings. The molecule has 0 spiro atoms. The van der Waals surface area contributed by atoms with E-state index in [1.54, 1.807) is 11.3 Å². The minimum absolute atomic E-state index is 0.0311. The molecule has 0 amide bonds. The molecule has 0 aliphatic carbocycles. The van der Waals surface area contributed by atoms with E-state index in [1.165, 1.54) is 9.75 Å². The lowest BCUT2D eigenvalue weighted by Crippen LogP contribution is -2.28. The van der Waals surface area contributed by atoms with Gasteiger partial charge in [0.2, 0.25) is 0 Å². The smallest absolute Gasteiger partial charge is 0.0775 e. The van der Waals surface area contributed by atoms with Gasteiger partial charge < -0.3 is 10.5 Å². The van der Waals surface area contributed by atoms with Crippen LogP contribution in [0.5, 0.6) is 0 Å². The maximum Gasteiger partial charge on any atom is 0.0775 e. The van der Waals surface area contributed by atoms with Crippen molar-refractivity contribution < 1.29 is 4.74 Å². The van der Waals surface area contributed by atoms with Crippen LogP contribution in [0.15, 0.2) is 12.1 Å². The molecule has 3 heteroatoms. The summed E-state index contributed by atoms with van der Waals surface area (Å²) in [7, 11) is 0. The van der Waals surface area contributed by atoms with Crippen LogP contribution < -0.4 is 5.73 Å². The molecule has 0 saturated carbocycles. The third-order valence-corrected chi connectivity index (χ3v) is 3.55. The van der Waals surface area contributed by atoms with Gasteiger partial charge in [-0.3, -0.25) is 0 Å².